The van der Waals surface area contributed by atoms with Crippen LogP contribution in [0.3, 0.4) is 0 Å². The monoisotopic (exact) mass is 705 g/mol. The van der Waals surface area contributed by atoms with Crippen LogP contribution in [0.5, 0.6) is 5.75 Å². The zero-order valence-electron chi connectivity index (χ0n) is 30.2. The third-order valence-corrected chi connectivity index (χ3v) is 10.2. The number of esters is 1. The van der Waals surface area contributed by atoms with Gasteiger partial charge in [-0.2, -0.15) is 0 Å². The van der Waals surface area contributed by atoms with Crippen molar-refractivity contribution in [2.24, 2.45) is 11.8 Å². The molecule has 49 heavy (non-hydrogen) atoms. The van der Waals surface area contributed by atoms with Gasteiger partial charge in [-0.25, -0.2) is 4.79 Å². The SMILES string of the molecule is COc1cc2cc(c1Cl)N(C)C(=O)C[C@H](OC(=O)[C@H](C)N(C)CC(C)C)[C@]1(C)O[C@H]1[C@H](C)[C@@H]1C[C@@](O)(NC(=O)O1)[C@H](OC)/C=C/C=C(\C)C2. The molecule has 0 aromatic heterocycles. The molecule has 0 saturated carbocycles. The molecule has 0 spiro atoms. The van der Waals surface area contributed by atoms with Crippen LogP contribution in [0.2, 0.25) is 5.02 Å². The normalized spacial score (nSPS) is 33.1. The van der Waals surface area contributed by atoms with Crippen molar-refractivity contribution >= 4 is 35.3 Å². The van der Waals surface area contributed by atoms with E-state index in [1.165, 1.54) is 19.1 Å². The summed E-state index contributed by atoms with van der Waals surface area (Å²) in [6.07, 6.45) is 1.53. The van der Waals surface area contributed by atoms with Crippen molar-refractivity contribution in [3.05, 3.63) is 46.5 Å². The van der Waals surface area contributed by atoms with Gasteiger partial charge >= 0.3 is 12.1 Å². The van der Waals surface area contributed by atoms with E-state index in [0.717, 1.165) is 11.1 Å². The Labute approximate surface area is 294 Å². The number of rotatable bonds is 7. The first-order valence-electron chi connectivity index (χ1n) is 16.7. The van der Waals surface area contributed by atoms with Crippen LogP contribution in [0.1, 0.15) is 59.9 Å². The number of hydrogen-bond donors (Lipinski definition) is 2. The maximum absolute atomic E-state index is 14.1. The first kappa shape index (κ1) is 38.6. The number of methoxy groups -OCH3 is 2. The Balaban J connectivity index is 1.78. The lowest BCUT2D eigenvalue weighted by Gasteiger charge is -2.42. The lowest BCUT2D eigenvalue weighted by Crippen LogP contribution is -2.63. The molecule has 0 unspecified atom stereocenters. The van der Waals surface area contributed by atoms with E-state index in [1.807, 2.05) is 44.0 Å². The number of carbonyl (C=O) groups is 3. The number of hydrogen-bond acceptors (Lipinski definition) is 10. The number of amides is 2. The van der Waals surface area contributed by atoms with E-state index in [-0.39, 0.29) is 23.8 Å². The number of anilines is 1. The van der Waals surface area contributed by atoms with Crippen LogP contribution in [-0.4, -0.2) is 105 Å². The van der Waals surface area contributed by atoms with Gasteiger partial charge < -0.3 is 33.7 Å². The fraction of sp³-hybridized carbons (Fsp3) is 0.639. The molecule has 4 rings (SSSR count). The van der Waals surface area contributed by atoms with Crippen molar-refractivity contribution in [3.8, 4) is 5.75 Å². The lowest BCUT2D eigenvalue weighted by atomic mass is 9.83. The summed E-state index contributed by atoms with van der Waals surface area (Å²) in [5, 5.41) is 14.5. The first-order chi connectivity index (χ1) is 22.9. The van der Waals surface area contributed by atoms with Crippen LogP contribution in [0.4, 0.5) is 10.5 Å². The molecule has 0 radical (unpaired) electrons. The molecule has 2 saturated heterocycles. The average Bonchev–Trinajstić information content (AvgIpc) is 3.73. The number of nitrogens with one attached hydrogen (secondary N) is 1. The molecular weight excluding hydrogens is 654 g/mol. The molecule has 3 heterocycles. The quantitative estimate of drug-likeness (QED) is 0.305. The molecule has 272 valence electrons. The number of benzene rings is 1. The molecule has 2 fully saturated rings. The summed E-state index contributed by atoms with van der Waals surface area (Å²) in [5.41, 5.74) is -0.650. The summed E-state index contributed by atoms with van der Waals surface area (Å²) >= 11 is 6.75. The molecule has 0 aliphatic carbocycles. The van der Waals surface area contributed by atoms with Crippen molar-refractivity contribution in [2.45, 2.75) is 103 Å². The minimum atomic E-state index is -1.78. The number of aliphatic hydroxyl groups is 1. The minimum absolute atomic E-state index is 0.00529. The maximum Gasteiger partial charge on any atom is 0.409 e. The Kier molecular flexibility index (Phi) is 12.1. The van der Waals surface area contributed by atoms with Gasteiger partial charge in [-0.1, -0.05) is 56.2 Å². The maximum atomic E-state index is 14.1. The van der Waals surface area contributed by atoms with Crippen LogP contribution < -0.4 is 15.0 Å². The van der Waals surface area contributed by atoms with Gasteiger partial charge in [-0.15, -0.1) is 0 Å². The molecule has 1 aromatic rings. The molecule has 3 aliphatic heterocycles. The third-order valence-electron chi connectivity index (χ3n) is 9.86. The third kappa shape index (κ3) is 8.60. The summed E-state index contributed by atoms with van der Waals surface area (Å²) in [4.78, 5) is 43.8. The van der Waals surface area contributed by atoms with Crippen LogP contribution in [0.25, 0.3) is 0 Å². The molecule has 2 N–H and O–H groups in total. The van der Waals surface area contributed by atoms with Crippen LogP contribution >= 0.6 is 11.6 Å². The highest BCUT2D eigenvalue weighted by atomic mass is 35.5. The second-order valence-electron chi connectivity index (χ2n) is 14.2. The molecule has 3 aliphatic rings. The van der Waals surface area contributed by atoms with Crippen molar-refractivity contribution in [3.63, 3.8) is 0 Å². The molecular formula is C36H52ClN3O9. The smallest absolute Gasteiger partial charge is 0.409 e. The lowest BCUT2D eigenvalue weighted by molar-refractivity contribution is -0.159. The Morgan fingerprint density at radius 1 is 1.24 bits per heavy atom. The number of nitrogens with zero attached hydrogens (tertiary/aromatic N) is 2. The molecule has 4 bridgehead atoms. The molecule has 2 amide bonds. The highest BCUT2D eigenvalue weighted by molar-refractivity contribution is 6.35. The number of alkyl carbamates (subject to hydrolysis) is 1. The molecule has 12 nitrogen and oxygen atoms in total. The van der Waals surface area contributed by atoms with Crippen LogP contribution in [-0.2, 0) is 35.0 Å². The van der Waals surface area contributed by atoms with Gasteiger partial charge in [0.25, 0.3) is 0 Å². The van der Waals surface area contributed by atoms with Gasteiger partial charge in [0.05, 0.1) is 25.3 Å². The fourth-order valence-corrected chi connectivity index (χ4v) is 7.07. The van der Waals surface area contributed by atoms with Crippen molar-refractivity contribution < 1.29 is 43.2 Å². The number of allylic oxidation sites excluding steroid dienone is 3. The molecule has 8 atom stereocenters. The summed E-state index contributed by atoms with van der Waals surface area (Å²) < 4.78 is 29.3. The topological polar surface area (TPSA) is 139 Å². The molecule has 1 aromatic carbocycles. The minimum Gasteiger partial charge on any atom is -0.495 e. The Bertz CT molecular complexity index is 1470. The largest absolute Gasteiger partial charge is 0.495 e. The number of carbonyl (C=O) groups excluding carboxylic acids is 3. The Morgan fingerprint density at radius 2 is 1.94 bits per heavy atom. The second kappa shape index (κ2) is 15.4. The van der Waals surface area contributed by atoms with Gasteiger partial charge in [0.1, 0.15) is 40.7 Å². The Morgan fingerprint density at radius 3 is 2.57 bits per heavy atom. The highest BCUT2D eigenvalue weighted by Crippen LogP contribution is 2.49. The van der Waals surface area contributed by atoms with Crippen LogP contribution in [0, 0.1) is 11.8 Å². The number of halogens is 1. The van der Waals surface area contributed by atoms with E-state index in [2.05, 4.69) is 19.2 Å². The van der Waals surface area contributed by atoms with Gasteiger partial charge in [-0.3, -0.25) is 19.8 Å². The second-order valence-corrected chi connectivity index (χ2v) is 14.6. The number of ether oxygens (including phenoxy) is 5. The van der Waals surface area contributed by atoms with Gasteiger partial charge in [0.15, 0.2) is 5.72 Å². The van der Waals surface area contributed by atoms with Crippen molar-refractivity contribution in [2.75, 3.05) is 39.8 Å². The van der Waals surface area contributed by atoms with Crippen LogP contribution in [0.15, 0.2) is 35.9 Å². The zero-order valence-corrected chi connectivity index (χ0v) is 31.0. The summed E-state index contributed by atoms with van der Waals surface area (Å²) in [6, 6.07) is 3.06. The Hall–Kier alpha value is -3.16. The van der Waals surface area contributed by atoms with Gasteiger partial charge in [0, 0.05) is 33.0 Å². The van der Waals surface area contributed by atoms with Crippen molar-refractivity contribution in [1.82, 2.24) is 10.2 Å². The summed E-state index contributed by atoms with van der Waals surface area (Å²) in [6.45, 7) is 12.1. The summed E-state index contributed by atoms with van der Waals surface area (Å²) in [5.74, 6) is -0.583. The predicted molar refractivity (Wildman–Crippen MR) is 186 cm³/mol. The van der Waals surface area contributed by atoms with E-state index in [4.69, 9.17) is 35.3 Å². The average molecular weight is 706 g/mol. The van der Waals surface area contributed by atoms with E-state index < -0.39 is 59.8 Å². The number of likely N-dealkylation sites (N-methyl/N-ethyl adjacent to an activating group) is 1. The van der Waals surface area contributed by atoms with Gasteiger partial charge in [-0.05, 0) is 57.9 Å². The van der Waals surface area contributed by atoms with E-state index in [1.54, 1.807) is 33.0 Å². The van der Waals surface area contributed by atoms with E-state index in [0.29, 0.717) is 30.3 Å². The number of fused-ring (bicyclic) bond motifs is 5. The highest BCUT2D eigenvalue weighted by Gasteiger charge is 2.64. The zero-order chi connectivity index (χ0) is 36.4. The van der Waals surface area contributed by atoms with Gasteiger partial charge in [0.2, 0.25) is 5.91 Å². The van der Waals surface area contributed by atoms with Crippen molar-refractivity contribution in [1.29, 1.82) is 0 Å². The standard InChI is InChI=1S/C36H52ClN3O9/c1-20(2)19-39(7)23(5)33(42)48-29-17-30(41)40(8)25-15-24(16-26(45-9)31(25)37)14-21(3)12-11-13-28(46-10)36(44)18-27(47-34(43)38-36)22(4)32-35(29,6)49-32/h11-13,15-16,20,22-23,27-29,32,44H,14,17-19H2,1-10H3,(H,38,43)/b13-11+,21-12+/t22-,23+,27+,28-,29+,32+,35+,36+/m1/s1. The van der Waals surface area contributed by atoms with E-state index >= 15 is 0 Å². The first-order valence-corrected chi connectivity index (χ1v) is 17.1. The van der Waals surface area contributed by atoms with E-state index in [9.17, 15) is 19.5 Å². The predicted octanol–water partition coefficient (Wildman–Crippen LogP) is 4.64. The fourth-order valence-electron chi connectivity index (χ4n) is 6.76. The molecule has 13 heteroatoms. The number of epoxide rings is 1. The summed E-state index contributed by atoms with van der Waals surface area (Å²) in [7, 11) is 6.44.